The zero-order valence-electron chi connectivity index (χ0n) is 11.5. The van der Waals surface area contributed by atoms with E-state index in [1.54, 1.807) is 21.3 Å². The van der Waals surface area contributed by atoms with Gasteiger partial charge in [0.05, 0.1) is 17.8 Å². The van der Waals surface area contributed by atoms with E-state index in [-0.39, 0.29) is 0 Å². The summed E-state index contributed by atoms with van der Waals surface area (Å²) in [6.07, 6.45) is 0.950. The van der Waals surface area contributed by atoms with Crippen molar-refractivity contribution in [2.75, 3.05) is 6.61 Å². The number of benzene rings is 1. The Morgan fingerprint density at radius 2 is 2.00 bits per heavy atom. The lowest BCUT2D eigenvalue weighted by Gasteiger charge is -2.37. The smallest absolute Gasteiger partial charge is 0.330 e. The molecular weight excluding hydrogens is 227 g/mol. The second kappa shape index (κ2) is 4.59. The summed E-state index contributed by atoms with van der Waals surface area (Å²) in [5, 5.41) is 10.0. The second-order valence-electron chi connectivity index (χ2n) is 5.77. The average molecular weight is 247 g/mol. The molecule has 0 bridgehead atoms. The van der Waals surface area contributed by atoms with Crippen molar-refractivity contribution in [3.8, 4) is 5.75 Å². The van der Waals surface area contributed by atoms with Gasteiger partial charge >= 0.3 is 7.48 Å². The van der Waals surface area contributed by atoms with Crippen LogP contribution in [0.2, 0.25) is 0 Å². The van der Waals surface area contributed by atoms with Crippen molar-refractivity contribution >= 4 is 12.9 Å². The van der Waals surface area contributed by atoms with E-state index >= 15 is 0 Å². The van der Waals surface area contributed by atoms with Crippen LogP contribution in [-0.4, -0.2) is 30.4 Å². The van der Waals surface area contributed by atoms with Crippen molar-refractivity contribution in [3.63, 3.8) is 0 Å². The third kappa shape index (κ3) is 2.70. The summed E-state index contributed by atoms with van der Waals surface area (Å²) in [5.74, 6) is 0.967. The molecule has 0 saturated carbocycles. The number of aliphatic hydroxyl groups is 1. The Hall–Kier alpha value is -0.995. The maximum Gasteiger partial charge on any atom is 0.330 e. The molecule has 4 heteroatoms. The van der Waals surface area contributed by atoms with Gasteiger partial charge in [0, 0.05) is 6.42 Å². The monoisotopic (exact) mass is 247 g/mol. The summed E-state index contributed by atoms with van der Waals surface area (Å²) in [6.45, 7) is 8.00. The van der Waals surface area contributed by atoms with E-state index in [0.29, 0.717) is 0 Å². The Morgan fingerprint density at radius 1 is 1.28 bits per heavy atom. The minimum absolute atomic E-state index is 0.636. The molecule has 0 aliphatic carbocycles. The van der Waals surface area contributed by atoms with E-state index in [9.17, 15) is 5.11 Å². The molecule has 0 aromatic heterocycles. The predicted molar refractivity (Wildman–Crippen MR) is 72.5 cm³/mol. The maximum absolute atomic E-state index is 10.0. The fourth-order valence-electron chi connectivity index (χ4n) is 1.64. The van der Waals surface area contributed by atoms with Crippen LogP contribution in [0.15, 0.2) is 18.2 Å². The molecule has 18 heavy (non-hydrogen) atoms. The minimum atomic E-state index is -0.899. The second-order valence-corrected chi connectivity index (χ2v) is 5.77. The summed E-state index contributed by atoms with van der Waals surface area (Å²) in [4.78, 5) is 0. The van der Waals surface area contributed by atoms with Gasteiger partial charge in [0.2, 0.25) is 0 Å². The lowest BCUT2D eigenvalue weighted by Crippen LogP contribution is -2.49. The molecule has 1 aromatic rings. The molecule has 2 rings (SSSR count). The number of hydrogen-bond donors (Lipinski definition) is 1. The number of ether oxygens (including phenoxy) is 1. The first-order valence-electron chi connectivity index (χ1n) is 6.29. The van der Waals surface area contributed by atoms with Crippen molar-refractivity contribution in [1.82, 2.24) is 0 Å². The molecule has 0 unspecified atom stereocenters. The highest BCUT2D eigenvalue weighted by Gasteiger charge is 2.35. The third-order valence-electron chi connectivity index (χ3n) is 3.68. The first-order valence-corrected chi connectivity index (χ1v) is 6.29. The van der Waals surface area contributed by atoms with E-state index < -0.39 is 11.2 Å². The Bertz CT molecular complexity index is 435. The molecule has 0 saturated heterocycles. The first kappa shape index (κ1) is 13.4. The van der Waals surface area contributed by atoms with Crippen molar-refractivity contribution in [3.05, 3.63) is 23.8 Å². The maximum atomic E-state index is 10.0. The number of hydrogen-bond acceptors (Lipinski definition) is 3. The van der Waals surface area contributed by atoms with Crippen LogP contribution in [0.1, 0.15) is 33.3 Å². The lowest BCUT2D eigenvalue weighted by molar-refractivity contribution is -0.0893. The van der Waals surface area contributed by atoms with Crippen LogP contribution in [0.25, 0.3) is 0 Å². The molecular formula is C14H20BO3. The van der Waals surface area contributed by atoms with Crippen LogP contribution >= 0.6 is 0 Å². The molecule has 1 aliphatic rings. The van der Waals surface area contributed by atoms with E-state index in [1.807, 2.05) is 26.0 Å². The van der Waals surface area contributed by atoms with E-state index in [1.165, 1.54) is 5.56 Å². The molecule has 1 radical (unpaired) electrons. The van der Waals surface area contributed by atoms with Gasteiger partial charge < -0.3 is 14.5 Å². The van der Waals surface area contributed by atoms with E-state index in [2.05, 4.69) is 6.07 Å². The summed E-state index contributed by atoms with van der Waals surface area (Å²) in [5.41, 5.74) is 0.677. The largest absolute Gasteiger partial charge is 0.493 e. The van der Waals surface area contributed by atoms with Gasteiger partial charge in [-0.3, -0.25) is 0 Å². The van der Waals surface area contributed by atoms with Gasteiger partial charge in [-0.25, -0.2) is 0 Å². The fourth-order valence-corrected chi connectivity index (χ4v) is 1.64. The summed E-state index contributed by atoms with van der Waals surface area (Å²) < 4.78 is 11.2. The predicted octanol–water partition coefficient (Wildman–Crippen LogP) is 1.43. The van der Waals surface area contributed by atoms with Crippen LogP contribution in [0.4, 0.5) is 0 Å². The van der Waals surface area contributed by atoms with E-state index in [4.69, 9.17) is 9.39 Å². The van der Waals surface area contributed by atoms with Crippen molar-refractivity contribution in [2.45, 2.75) is 45.3 Å². The van der Waals surface area contributed by atoms with Gasteiger partial charge in [-0.15, -0.1) is 0 Å². The van der Waals surface area contributed by atoms with Crippen LogP contribution in [0, 0.1) is 0 Å². The topological polar surface area (TPSA) is 38.7 Å². The highest BCUT2D eigenvalue weighted by atomic mass is 16.5. The van der Waals surface area contributed by atoms with Crippen LogP contribution in [-0.2, 0) is 11.1 Å². The Labute approximate surface area is 109 Å². The zero-order chi connectivity index (χ0) is 13.4. The molecule has 1 aliphatic heterocycles. The highest BCUT2D eigenvalue weighted by molar-refractivity contribution is 6.47. The van der Waals surface area contributed by atoms with Gasteiger partial charge in [-0.2, -0.15) is 0 Å². The Balaban J connectivity index is 2.03. The fraction of sp³-hybridized carbons (Fsp3) is 0.571. The number of rotatable bonds is 4. The number of fused-ring (bicyclic) bond motifs is 1. The third-order valence-corrected chi connectivity index (χ3v) is 3.68. The van der Waals surface area contributed by atoms with Crippen molar-refractivity contribution in [2.24, 2.45) is 0 Å². The summed E-state index contributed by atoms with van der Waals surface area (Å²) in [7, 11) is 1.70. The molecule has 0 fully saturated rings. The van der Waals surface area contributed by atoms with Crippen LogP contribution in [0.5, 0.6) is 5.75 Å². The van der Waals surface area contributed by atoms with Crippen LogP contribution in [0.3, 0.4) is 0 Å². The van der Waals surface area contributed by atoms with Crippen LogP contribution < -0.4 is 10.2 Å². The molecule has 1 aromatic carbocycles. The quantitative estimate of drug-likeness (QED) is 0.818. The average Bonchev–Trinajstić information content (AvgIpc) is 2.71. The minimum Gasteiger partial charge on any atom is -0.493 e. The van der Waals surface area contributed by atoms with Gasteiger partial charge in [0.1, 0.15) is 5.75 Å². The normalized spacial score (nSPS) is 15.2. The molecule has 0 atom stereocenters. The van der Waals surface area contributed by atoms with Crippen molar-refractivity contribution < 1.29 is 14.5 Å². The molecule has 97 valence electrons. The van der Waals surface area contributed by atoms with E-state index in [0.717, 1.165) is 24.2 Å². The molecule has 1 heterocycles. The molecule has 1 N–H and O–H groups in total. The SMILES string of the molecule is CC(C)(O)C(C)(C)O[B]c1ccc2c(c1)CCO2. The van der Waals surface area contributed by atoms with Gasteiger partial charge in [0.15, 0.2) is 0 Å². The molecule has 3 nitrogen and oxygen atoms in total. The zero-order valence-corrected chi connectivity index (χ0v) is 11.5. The standard InChI is InChI=1S/C14H20BO3/c1-13(2,16)14(3,4)18-15-11-5-6-12-10(9-11)7-8-17-12/h5-6,9,16H,7-8H2,1-4H3. The van der Waals surface area contributed by atoms with Gasteiger partial charge in [0.25, 0.3) is 0 Å². The lowest BCUT2D eigenvalue weighted by atomic mass is 9.82. The highest BCUT2D eigenvalue weighted by Crippen LogP contribution is 2.25. The first-order chi connectivity index (χ1) is 8.29. The van der Waals surface area contributed by atoms with Crippen molar-refractivity contribution in [1.29, 1.82) is 0 Å². The molecule has 0 amide bonds. The summed E-state index contributed by atoms with van der Waals surface area (Å²) in [6, 6.07) is 6.00. The Morgan fingerprint density at radius 3 is 2.67 bits per heavy atom. The van der Waals surface area contributed by atoms with Gasteiger partial charge in [-0.1, -0.05) is 17.6 Å². The summed E-state index contributed by atoms with van der Waals surface area (Å²) >= 11 is 0. The molecule has 0 spiro atoms. The van der Waals surface area contributed by atoms with Gasteiger partial charge in [-0.05, 0) is 39.3 Å². The Kier molecular flexibility index (Phi) is 3.43.